The SMILES string of the molecule is C#CCO[C@@H]1CCO[C@@H]1[C@H](O)CO. The number of hydrogen-bond acceptors (Lipinski definition) is 4. The summed E-state index contributed by atoms with van der Waals surface area (Å²) >= 11 is 0. The van der Waals surface area contributed by atoms with Crippen LogP contribution in [-0.4, -0.2) is 48.3 Å². The molecule has 1 saturated heterocycles. The second-order valence-electron chi connectivity index (χ2n) is 2.93. The Morgan fingerprint density at radius 1 is 1.69 bits per heavy atom. The zero-order valence-electron chi connectivity index (χ0n) is 7.35. The minimum atomic E-state index is -0.884. The standard InChI is InChI=1S/C9H14O4/c1-2-4-12-8-3-5-13-9(8)7(11)6-10/h1,7-11H,3-6H2/t7-,8-,9-/m1/s1. The number of aliphatic hydroxyl groups excluding tert-OH is 2. The Hall–Kier alpha value is -0.600. The Bertz CT molecular complexity index is 187. The number of aliphatic hydroxyl groups is 2. The summed E-state index contributed by atoms with van der Waals surface area (Å²) in [5, 5.41) is 18.0. The molecule has 74 valence electrons. The van der Waals surface area contributed by atoms with E-state index in [9.17, 15) is 5.11 Å². The highest BCUT2D eigenvalue weighted by atomic mass is 16.6. The van der Waals surface area contributed by atoms with Gasteiger partial charge in [0, 0.05) is 6.61 Å². The highest BCUT2D eigenvalue weighted by Crippen LogP contribution is 2.19. The predicted molar refractivity (Wildman–Crippen MR) is 46.0 cm³/mol. The average molecular weight is 186 g/mol. The predicted octanol–water partition coefficient (Wildman–Crippen LogP) is -0.853. The minimum absolute atomic E-state index is 0.196. The molecule has 0 radical (unpaired) electrons. The van der Waals surface area contributed by atoms with Gasteiger partial charge in [-0.3, -0.25) is 0 Å². The summed E-state index contributed by atoms with van der Waals surface area (Å²) in [5.74, 6) is 2.35. The summed E-state index contributed by atoms with van der Waals surface area (Å²) in [7, 11) is 0. The monoisotopic (exact) mass is 186 g/mol. The Morgan fingerprint density at radius 2 is 2.46 bits per heavy atom. The smallest absolute Gasteiger partial charge is 0.112 e. The highest BCUT2D eigenvalue weighted by molar-refractivity contribution is 4.87. The summed E-state index contributed by atoms with van der Waals surface area (Å²) in [6.45, 7) is 0.431. The van der Waals surface area contributed by atoms with Gasteiger partial charge < -0.3 is 19.7 Å². The minimum Gasteiger partial charge on any atom is -0.394 e. The fourth-order valence-electron chi connectivity index (χ4n) is 1.39. The van der Waals surface area contributed by atoms with Gasteiger partial charge in [-0.25, -0.2) is 0 Å². The zero-order valence-corrected chi connectivity index (χ0v) is 7.35. The summed E-state index contributed by atoms with van der Waals surface area (Å²) in [5.41, 5.74) is 0. The van der Waals surface area contributed by atoms with Crippen molar-refractivity contribution in [2.24, 2.45) is 0 Å². The largest absolute Gasteiger partial charge is 0.394 e. The zero-order chi connectivity index (χ0) is 9.68. The van der Waals surface area contributed by atoms with Crippen LogP contribution in [0.2, 0.25) is 0 Å². The molecule has 0 amide bonds. The van der Waals surface area contributed by atoms with Gasteiger partial charge in [0.2, 0.25) is 0 Å². The van der Waals surface area contributed by atoms with E-state index >= 15 is 0 Å². The first-order valence-corrected chi connectivity index (χ1v) is 4.25. The van der Waals surface area contributed by atoms with E-state index in [4.69, 9.17) is 21.0 Å². The van der Waals surface area contributed by atoms with Gasteiger partial charge in [0.15, 0.2) is 0 Å². The summed E-state index contributed by atoms with van der Waals surface area (Å²) in [6, 6.07) is 0. The van der Waals surface area contributed by atoms with Crippen LogP contribution >= 0.6 is 0 Å². The normalized spacial score (nSPS) is 29.9. The molecule has 0 bridgehead atoms. The van der Waals surface area contributed by atoms with E-state index in [1.165, 1.54) is 0 Å². The molecule has 4 nitrogen and oxygen atoms in total. The number of rotatable bonds is 4. The van der Waals surface area contributed by atoms with Crippen LogP contribution < -0.4 is 0 Å². The summed E-state index contributed by atoms with van der Waals surface area (Å²) in [6.07, 6.45) is 4.22. The first kappa shape index (κ1) is 10.5. The lowest BCUT2D eigenvalue weighted by Crippen LogP contribution is -2.38. The lowest BCUT2D eigenvalue weighted by molar-refractivity contribution is -0.0791. The van der Waals surface area contributed by atoms with Crippen molar-refractivity contribution < 1.29 is 19.7 Å². The van der Waals surface area contributed by atoms with E-state index < -0.39 is 12.2 Å². The molecule has 1 fully saturated rings. The molecule has 1 aliphatic heterocycles. The molecule has 3 atom stereocenters. The van der Waals surface area contributed by atoms with Gasteiger partial charge in [0.1, 0.15) is 18.8 Å². The molecule has 0 spiro atoms. The maximum absolute atomic E-state index is 9.32. The van der Waals surface area contributed by atoms with Crippen molar-refractivity contribution >= 4 is 0 Å². The molecule has 1 aliphatic rings. The molecule has 0 aromatic carbocycles. The van der Waals surface area contributed by atoms with Gasteiger partial charge in [0.25, 0.3) is 0 Å². The van der Waals surface area contributed by atoms with Crippen molar-refractivity contribution in [3.63, 3.8) is 0 Å². The molecule has 1 heterocycles. The van der Waals surface area contributed by atoms with Crippen molar-refractivity contribution in [1.82, 2.24) is 0 Å². The highest BCUT2D eigenvalue weighted by Gasteiger charge is 2.34. The third-order valence-corrected chi connectivity index (χ3v) is 2.03. The van der Waals surface area contributed by atoms with Crippen molar-refractivity contribution in [2.75, 3.05) is 19.8 Å². The van der Waals surface area contributed by atoms with Crippen LogP contribution in [-0.2, 0) is 9.47 Å². The second kappa shape index (κ2) is 5.20. The van der Waals surface area contributed by atoms with Crippen LogP contribution in [0.3, 0.4) is 0 Å². The fraction of sp³-hybridized carbons (Fsp3) is 0.778. The molecular formula is C9H14O4. The molecule has 13 heavy (non-hydrogen) atoms. The van der Waals surface area contributed by atoms with Crippen molar-refractivity contribution in [1.29, 1.82) is 0 Å². The van der Waals surface area contributed by atoms with E-state index in [0.29, 0.717) is 13.0 Å². The van der Waals surface area contributed by atoms with Crippen LogP contribution in [0.1, 0.15) is 6.42 Å². The number of ether oxygens (including phenoxy) is 2. The Morgan fingerprint density at radius 3 is 3.08 bits per heavy atom. The average Bonchev–Trinajstić information content (AvgIpc) is 2.61. The fourth-order valence-corrected chi connectivity index (χ4v) is 1.39. The summed E-state index contributed by atoms with van der Waals surface area (Å²) in [4.78, 5) is 0. The van der Waals surface area contributed by atoms with E-state index in [1.807, 2.05) is 0 Å². The first-order valence-electron chi connectivity index (χ1n) is 4.25. The van der Waals surface area contributed by atoms with Gasteiger partial charge in [0.05, 0.1) is 12.7 Å². The third-order valence-electron chi connectivity index (χ3n) is 2.03. The molecule has 4 heteroatoms. The van der Waals surface area contributed by atoms with E-state index in [1.54, 1.807) is 0 Å². The topological polar surface area (TPSA) is 58.9 Å². The molecule has 0 aliphatic carbocycles. The number of hydrogen-bond donors (Lipinski definition) is 2. The lowest BCUT2D eigenvalue weighted by atomic mass is 10.1. The number of terminal acetylenes is 1. The Labute approximate surface area is 77.5 Å². The molecule has 0 unspecified atom stereocenters. The van der Waals surface area contributed by atoms with Crippen molar-refractivity contribution in [2.45, 2.75) is 24.7 Å². The van der Waals surface area contributed by atoms with E-state index in [-0.39, 0.29) is 19.3 Å². The van der Waals surface area contributed by atoms with Gasteiger partial charge in [-0.1, -0.05) is 5.92 Å². The second-order valence-corrected chi connectivity index (χ2v) is 2.93. The molecule has 0 aromatic rings. The third kappa shape index (κ3) is 2.68. The molecule has 1 rings (SSSR count). The maximum Gasteiger partial charge on any atom is 0.112 e. The van der Waals surface area contributed by atoms with Crippen LogP contribution in [0.25, 0.3) is 0 Å². The van der Waals surface area contributed by atoms with Gasteiger partial charge >= 0.3 is 0 Å². The lowest BCUT2D eigenvalue weighted by Gasteiger charge is -2.21. The first-order chi connectivity index (χ1) is 6.29. The molecule has 2 N–H and O–H groups in total. The van der Waals surface area contributed by atoms with Gasteiger partial charge in [-0.2, -0.15) is 0 Å². The quantitative estimate of drug-likeness (QED) is 0.561. The molecular weight excluding hydrogens is 172 g/mol. The van der Waals surface area contributed by atoms with Crippen LogP contribution in [0.5, 0.6) is 0 Å². The Kier molecular flexibility index (Phi) is 4.19. The van der Waals surface area contributed by atoms with E-state index in [2.05, 4.69) is 5.92 Å². The molecule has 0 aromatic heterocycles. The van der Waals surface area contributed by atoms with Crippen LogP contribution in [0, 0.1) is 12.3 Å². The van der Waals surface area contributed by atoms with Crippen molar-refractivity contribution in [3.05, 3.63) is 0 Å². The van der Waals surface area contributed by atoms with Crippen LogP contribution in [0.4, 0.5) is 0 Å². The Balaban J connectivity index is 2.39. The van der Waals surface area contributed by atoms with Crippen molar-refractivity contribution in [3.8, 4) is 12.3 Å². The van der Waals surface area contributed by atoms with Crippen LogP contribution in [0.15, 0.2) is 0 Å². The maximum atomic E-state index is 9.32. The van der Waals surface area contributed by atoms with Gasteiger partial charge in [-0.15, -0.1) is 6.42 Å². The van der Waals surface area contributed by atoms with E-state index in [0.717, 1.165) is 0 Å². The summed E-state index contributed by atoms with van der Waals surface area (Å²) < 4.78 is 10.5. The molecule has 0 saturated carbocycles. The van der Waals surface area contributed by atoms with Gasteiger partial charge in [-0.05, 0) is 6.42 Å².